The number of hydrogen-bond donors (Lipinski definition) is 0. The van der Waals surface area contributed by atoms with E-state index in [1.165, 1.54) is 68.3 Å². The number of unbranched alkanes of at least 4 members (excludes halogenated alkanes) is 1. The summed E-state index contributed by atoms with van der Waals surface area (Å²) in [4.78, 5) is 6.64. The second kappa shape index (κ2) is 8.58. The summed E-state index contributed by atoms with van der Waals surface area (Å²) in [5.74, 6) is 1.22. The van der Waals surface area contributed by atoms with Crippen molar-refractivity contribution < 1.29 is 0 Å². The van der Waals surface area contributed by atoms with Crippen LogP contribution in [0.1, 0.15) is 33.1 Å². The zero-order valence-corrected chi connectivity index (χ0v) is 13.8. The van der Waals surface area contributed by atoms with E-state index in [-0.39, 0.29) is 0 Å². The van der Waals surface area contributed by atoms with Crippen molar-refractivity contribution in [2.24, 2.45) is 0 Å². The Hall–Kier alpha value is -0.670. The molecule has 0 amide bonds. The first-order valence-corrected chi connectivity index (χ1v) is 9.02. The molecule has 0 aromatic heterocycles. The summed E-state index contributed by atoms with van der Waals surface area (Å²) < 4.78 is 0. The molecule has 0 aliphatic carbocycles. The first-order chi connectivity index (χ1) is 9.85. The second-order valence-electron chi connectivity index (χ2n) is 5.50. The minimum atomic E-state index is 1.17. The zero-order chi connectivity index (χ0) is 14.2. The molecule has 2 rings (SSSR count). The molecule has 0 bridgehead atoms. The highest BCUT2D eigenvalue weighted by atomic mass is 32.2. The van der Waals surface area contributed by atoms with Gasteiger partial charge in [-0.3, -0.25) is 4.90 Å². The standard InChI is InChI=1S/C17H28N2S/c1-3-5-10-18-11-13-19(14-12-18)16-8-6-7-9-17(16)20-15-4-2/h6-9H,3-5,10-15H2,1-2H3. The molecule has 112 valence electrons. The summed E-state index contributed by atoms with van der Waals surface area (Å²) in [6.45, 7) is 10.6. The Bertz CT molecular complexity index is 386. The smallest absolute Gasteiger partial charge is 0.0505 e. The number of hydrogen-bond acceptors (Lipinski definition) is 3. The summed E-state index contributed by atoms with van der Waals surface area (Å²) in [5, 5.41) is 0. The average molecular weight is 292 g/mol. The van der Waals surface area contributed by atoms with Crippen molar-refractivity contribution in [3.63, 3.8) is 0 Å². The maximum atomic E-state index is 2.61. The van der Waals surface area contributed by atoms with Gasteiger partial charge in [-0.25, -0.2) is 0 Å². The fraction of sp³-hybridized carbons (Fsp3) is 0.647. The Morgan fingerprint density at radius 1 is 1.00 bits per heavy atom. The molecule has 0 radical (unpaired) electrons. The fourth-order valence-corrected chi connectivity index (χ4v) is 3.59. The summed E-state index contributed by atoms with van der Waals surface area (Å²) in [5.41, 5.74) is 1.45. The average Bonchev–Trinajstić information content (AvgIpc) is 2.52. The molecule has 1 aliphatic rings. The topological polar surface area (TPSA) is 6.48 Å². The van der Waals surface area contributed by atoms with E-state index in [1.807, 2.05) is 11.8 Å². The van der Waals surface area contributed by atoms with Crippen molar-refractivity contribution in [2.45, 2.75) is 38.0 Å². The lowest BCUT2D eigenvalue weighted by Gasteiger charge is -2.36. The van der Waals surface area contributed by atoms with E-state index >= 15 is 0 Å². The van der Waals surface area contributed by atoms with E-state index in [9.17, 15) is 0 Å². The summed E-state index contributed by atoms with van der Waals surface area (Å²) in [6, 6.07) is 8.91. The van der Waals surface area contributed by atoms with Crippen LogP contribution in [0.15, 0.2) is 29.2 Å². The SMILES string of the molecule is CCCCN1CCN(c2ccccc2SCCC)CC1. The quantitative estimate of drug-likeness (QED) is 0.698. The highest BCUT2D eigenvalue weighted by Gasteiger charge is 2.18. The van der Waals surface area contributed by atoms with Gasteiger partial charge in [0, 0.05) is 31.1 Å². The van der Waals surface area contributed by atoms with Gasteiger partial charge >= 0.3 is 0 Å². The van der Waals surface area contributed by atoms with Crippen molar-refractivity contribution in [3.8, 4) is 0 Å². The van der Waals surface area contributed by atoms with Gasteiger partial charge in [0.25, 0.3) is 0 Å². The van der Waals surface area contributed by atoms with Gasteiger partial charge in [0.05, 0.1) is 5.69 Å². The molecule has 0 N–H and O–H groups in total. The monoisotopic (exact) mass is 292 g/mol. The lowest BCUT2D eigenvalue weighted by molar-refractivity contribution is 0.254. The lowest BCUT2D eigenvalue weighted by atomic mass is 10.2. The second-order valence-corrected chi connectivity index (χ2v) is 6.64. The van der Waals surface area contributed by atoms with Gasteiger partial charge in [-0.05, 0) is 37.3 Å². The maximum absolute atomic E-state index is 2.61. The fourth-order valence-electron chi connectivity index (χ4n) is 2.65. The molecule has 1 aromatic rings. The summed E-state index contributed by atoms with van der Waals surface area (Å²) in [6.07, 6.45) is 3.88. The number of thioether (sulfide) groups is 1. The lowest BCUT2D eigenvalue weighted by Crippen LogP contribution is -2.46. The van der Waals surface area contributed by atoms with E-state index in [0.717, 1.165) is 0 Å². The third-order valence-corrected chi connectivity index (χ3v) is 5.14. The molecule has 1 heterocycles. The summed E-state index contributed by atoms with van der Waals surface area (Å²) in [7, 11) is 0. The zero-order valence-electron chi connectivity index (χ0n) is 13.0. The third-order valence-electron chi connectivity index (χ3n) is 3.87. The van der Waals surface area contributed by atoms with Crippen LogP contribution < -0.4 is 4.90 Å². The van der Waals surface area contributed by atoms with Crippen molar-refractivity contribution in [1.82, 2.24) is 4.90 Å². The highest BCUT2D eigenvalue weighted by Crippen LogP contribution is 2.31. The van der Waals surface area contributed by atoms with Crippen LogP contribution in [0.5, 0.6) is 0 Å². The highest BCUT2D eigenvalue weighted by molar-refractivity contribution is 7.99. The number of anilines is 1. The van der Waals surface area contributed by atoms with Crippen LogP contribution >= 0.6 is 11.8 Å². The van der Waals surface area contributed by atoms with E-state index < -0.39 is 0 Å². The molecule has 3 heteroatoms. The minimum Gasteiger partial charge on any atom is -0.368 e. The number of rotatable bonds is 7. The molecular weight excluding hydrogens is 264 g/mol. The van der Waals surface area contributed by atoms with Gasteiger partial charge in [-0.15, -0.1) is 11.8 Å². The van der Waals surface area contributed by atoms with Gasteiger partial charge in [0.15, 0.2) is 0 Å². The molecule has 0 saturated carbocycles. The minimum absolute atomic E-state index is 1.17. The number of benzene rings is 1. The van der Waals surface area contributed by atoms with Crippen LogP contribution in [0.4, 0.5) is 5.69 Å². The van der Waals surface area contributed by atoms with E-state index in [1.54, 1.807) is 0 Å². The van der Waals surface area contributed by atoms with Gasteiger partial charge in [-0.2, -0.15) is 0 Å². The van der Waals surface area contributed by atoms with Gasteiger partial charge in [-0.1, -0.05) is 32.4 Å². The van der Waals surface area contributed by atoms with Crippen LogP contribution in [0.25, 0.3) is 0 Å². The van der Waals surface area contributed by atoms with Gasteiger partial charge in [0.2, 0.25) is 0 Å². The molecule has 1 fully saturated rings. The first-order valence-electron chi connectivity index (χ1n) is 8.04. The van der Waals surface area contributed by atoms with Crippen LogP contribution in [0.3, 0.4) is 0 Å². The predicted molar refractivity (Wildman–Crippen MR) is 91.0 cm³/mol. The Morgan fingerprint density at radius 2 is 1.75 bits per heavy atom. The molecule has 0 unspecified atom stereocenters. The van der Waals surface area contributed by atoms with Crippen LogP contribution in [0.2, 0.25) is 0 Å². The first kappa shape index (κ1) is 15.7. The molecule has 0 atom stereocenters. The molecule has 0 spiro atoms. The van der Waals surface area contributed by atoms with Crippen LogP contribution in [-0.2, 0) is 0 Å². The Kier molecular flexibility index (Phi) is 6.74. The Morgan fingerprint density at radius 3 is 2.45 bits per heavy atom. The molecule has 2 nitrogen and oxygen atoms in total. The van der Waals surface area contributed by atoms with E-state index in [0.29, 0.717) is 0 Å². The Balaban J connectivity index is 1.92. The molecule has 20 heavy (non-hydrogen) atoms. The molecule has 1 aliphatic heterocycles. The Labute approximate surface area is 128 Å². The normalized spacial score (nSPS) is 16.6. The van der Waals surface area contributed by atoms with Crippen LogP contribution in [-0.4, -0.2) is 43.4 Å². The summed E-state index contributed by atoms with van der Waals surface area (Å²) >= 11 is 2.00. The van der Waals surface area contributed by atoms with E-state index in [2.05, 4.69) is 47.9 Å². The number of piperazine rings is 1. The third kappa shape index (κ3) is 4.42. The van der Waals surface area contributed by atoms with Crippen LogP contribution in [0, 0.1) is 0 Å². The van der Waals surface area contributed by atoms with Crippen molar-refractivity contribution in [2.75, 3.05) is 43.4 Å². The number of nitrogens with zero attached hydrogens (tertiary/aromatic N) is 2. The predicted octanol–water partition coefficient (Wildman–Crippen LogP) is 4.11. The van der Waals surface area contributed by atoms with Gasteiger partial charge < -0.3 is 4.90 Å². The molecule has 1 saturated heterocycles. The van der Waals surface area contributed by atoms with E-state index in [4.69, 9.17) is 0 Å². The van der Waals surface area contributed by atoms with Gasteiger partial charge in [0.1, 0.15) is 0 Å². The molecule has 1 aromatic carbocycles. The van der Waals surface area contributed by atoms with Crippen molar-refractivity contribution >= 4 is 17.4 Å². The largest absolute Gasteiger partial charge is 0.368 e. The van der Waals surface area contributed by atoms with Crippen molar-refractivity contribution in [3.05, 3.63) is 24.3 Å². The maximum Gasteiger partial charge on any atom is 0.0505 e. The number of para-hydroxylation sites is 1. The van der Waals surface area contributed by atoms with Crippen molar-refractivity contribution in [1.29, 1.82) is 0 Å². The molecular formula is C17H28N2S.